The molecule has 0 aliphatic carbocycles. The Balaban J connectivity index is 1.62. The van der Waals surface area contributed by atoms with Crippen LogP contribution in [0.5, 0.6) is 0 Å². The van der Waals surface area contributed by atoms with Crippen molar-refractivity contribution in [3.8, 4) is 34.0 Å². The molecule has 0 atom stereocenters. The molecule has 0 fully saturated rings. The molecule has 2 aromatic carbocycles. The molecule has 2 aromatic heterocycles. The molecule has 172 valence electrons. The molecule has 0 spiro atoms. The zero-order valence-corrected chi connectivity index (χ0v) is 19.5. The molecule has 4 aromatic rings. The second kappa shape index (κ2) is 9.32. The van der Waals surface area contributed by atoms with Gasteiger partial charge in [-0.1, -0.05) is 24.3 Å². The first kappa shape index (κ1) is 22.9. The average molecular weight is 466 g/mol. The van der Waals surface area contributed by atoms with Crippen molar-refractivity contribution in [2.75, 3.05) is 12.8 Å². The summed E-state index contributed by atoms with van der Waals surface area (Å²) < 4.78 is 26.6. The van der Waals surface area contributed by atoms with E-state index in [2.05, 4.69) is 20.5 Å². The molecule has 0 radical (unpaired) electrons. The van der Waals surface area contributed by atoms with Gasteiger partial charge in [0.05, 0.1) is 10.5 Å². The predicted octanol–water partition coefficient (Wildman–Crippen LogP) is 5.29. The zero-order chi connectivity index (χ0) is 23.6. The first-order valence-electron chi connectivity index (χ1n) is 10.5. The van der Waals surface area contributed by atoms with Crippen molar-refractivity contribution in [3.63, 3.8) is 0 Å². The highest BCUT2D eigenvalue weighted by Gasteiger charge is 2.20. The molecule has 4 rings (SSSR count). The lowest BCUT2D eigenvalue weighted by atomic mass is 10.1. The summed E-state index contributed by atoms with van der Waals surface area (Å²) in [7, 11) is -0.935. The summed E-state index contributed by atoms with van der Waals surface area (Å²) >= 11 is 0. The van der Waals surface area contributed by atoms with E-state index in [1.165, 1.54) is 0 Å². The van der Waals surface area contributed by atoms with Gasteiger partial charge >= 0.3 is 0 Å². The fraction of sp³-hybridized carbons (Fsp3) is 0.208. The quantitative estimate of drug-likeness (QED) is 0.290. The Morgan fingerprint density at radius 2 is 1.58 bits per heavy atom. The molecule has 33 heavy (non-hydrogen) atoms. The van der Waals surface area contributed by atoms with Gasteiger partial charge in [-0.15, -0.1) is 10.2 Å². The molecular weight excluding hydrogens is 438 g/mol. The van der Waals surface area contributed by atoms with Crippen LogP contribution in [0, 0.1) is 0 Å². The zero-order valence-electron chi connectivity index (χ0n) is 18.7. The number of aromatic nitrogens is 3. The van der Waals surface area contributed by atoms with Crippen molar-refractivity contribution in [1.82, 2.24) is 20.5 Å². The third-order valence-corrected chi connectivity index (χ3v) is 7.63. The molecular formula is C24H27N5O3S. The lowest BCUT2D eigenvalue weighted by Gasteiger charge is -2.36. The largest absolute Gasteiger partial charge is 0.416 e. The van der Waals surface area contributed by atoms with Gasteiger partial charge in [0.1, 0.15) is 5.82 Å². The van der Waals surface area contributed by atoms with Crippen LogP contribution in [0.3, 0.4) is 0 Å². The summed E-state index contributed by atoms with van der Waals surface area (Å²) in [6, 6.07) is 16.8. The summed E-state index contributed by atoms with van der Waals surface area (Å²) in [5, 5.41) is 11.2. The fourth-order valence-electron chi connectivity index (χ4n) is 3.34. The van der Waals surface area contributed by atoms with Gasteiger partial charge in [0.25, 0.3) is 5.89 Å². The average Bonchev–Trinajstić information content (AvgIpc) is 3.30. The Kier molecular flexibility index (Phi) is 6.48. The summed E-state index contributed by atoms with van der Waals surface area (Å²) in [6.45, 7) is 4.35. The lowest BCUT2D eigenvalue weighted by Crippen LogP contribution is -2.10. The van der Waals surface area contributed by atoms with E-state index in [9.17, 15) is 9.11 Å². The van der Waals surface area contributed by atoms with Crippen LogP contribution in [0.25, 0.3) is 34.0 Å². The van der Waals surface area contributed by atoms with Crippen molar-refractivity contribution in [2.45, 2.75) is 30.5 Å². The Labute approximate surface area is 194 Å². The van der Waals surface area contributed by atoms with E-state index >= 15 is 0 Å². The predicted molar refractivity (Wildman–Crippen MR) is 132 cm³/mol. The van der Waals surface area contributed by atoms with Crippen LogP contribution in [0.2, 0.25) is 0 Å². The van der Waals surface area contributed by atoms with Gasteiger partial charge in [0.15, 0.2) is 0 Å². The van der Waals surface area contributed by atoms with E-state index in [1.54, 1.807) is 32.2 Å². The minimum Gasteiger partial charge on any atom is -0.416 e. The number of nitrogens with two attached hydrogens (primary N) is 1. The topological polar surface area (TPSA) is 130 Å². The Bertz CT molecular complexity index is 1240. The minimum absolute atomic E-state index is 0.264. The number of benzene rings is 2. The molecule has 0 aliphatic rings. The summed E-state index contributed by atoms with van der Waals surface area (Å²) in [6.07, 6.45) is 1.66. The minimum atomic E-state index is -2.84. The summed E-state index contributed by atoms with van der Waals surface area (Å²) in [5.41, 5.74) is 10.3. The van der Waals surface area contributed by atoms with Gasteiger partial charge < -0.3 is 15.5 Å². The van der Waals surface area contributed by atoms with Crippen LogP contribution < -0.4 is 11.1 Å². The first-order valence-corrected chi connectivity index (χ1v) is 12.1. The number of rotatable bonds is 7. The molecule has 8 nitrogen and oxygen atoms in total. The van der Waals surface area contributed by atoms with Crippen LogP contribution in [-0.2, 0) is 6.54 Å². The number of nitrogens with one attached hydrogen (secondary N) is 1. The number of nitrogen functional groups attached to an aromatic ring is 1. The second-order valence-corrected chi connectivity index (χ2v) is 10.6. The first-order chi connectivity index (χ1) is 15.8. The van der Waals surface area contributed by atoms with Gasteiger partial charge in [-0.05, 0) is 62.4 Å². The summed E-state index contributed by atoms with van der Waals surface area (Å²) in [4.78, 5) is 4.80. The van der Waals surface area contributed by atoms with E-state index < -0.39 is 10.6 Å². The molecule has 0 unspecified atom stereocenters. The Morgan fingerprint density at radius 1 is 0.939 bits per heavy atom. The van der Waals surface area contributed by atoms with Gasteiger partial charge in [-0.3, -0.25) is 9.11 Å². The maximum Gasteiger partial charge on any atom is 0.251 e. The van der Waals surface area contributed by atoms with Gasteiger partial charge in [-0.2, -0.15) is 10.6 Å². The smallest absolute Gasteiger partial charge is 0.251 e. The molecule has 0 saturated heterocycles. The Morgan fingerprint density at radius 3 is 2.21 bits per heavy atom. The van der Waals surface area contributed by atoms with Gasteiger partial charge in [0, 0.05) is 29.1 Å². The van der Waals surface area contributed by atoms with Crippen molar-refractivity contribution in [1.29, 1.82) is 0 Å². The number of hydrogen-bond acceptors (Lipinski definition) is 8. The molecule has 0 aliphatic heterocycles. The molecule has 0 bridgehead atoms. The van der Waals surface area contributed by atoms with E-state index in [-0.39, 0.29) is 17.0 Å². The standard InChI is InChI=1S/C24H27N5O3S/c1-15(2)33(30,31)20-10-8-17(9-11-20)19-12-21(22(25)27-14-19)24-29-28-23(32-24)18-6-4-16(5-7-18)13-26-3/h4-12,14-15,26,30-31H,13H2,1-3H3,(H2,25,27). The fourth-order valence-corrected chi connectivity index (χ4v) is 4.42. The highest BCUT2D eigenvalue weighted by molar-refractivity contribution is 8.24. The summed E-state index contributed by atoms with van der Waals surface area (Å²) in [5.74, 6) is 0.958. The normalized spacial score (nSPS) is 12.3. The SMILES string of the molecule is CNCc1ccc(-c2nnc(-c3cc(-c4ccc(S(O)(O)C(C)C)cc4)cnc3N)o2)cc1. The van der Waals surface area contributed by atoms with Crippen molar-refractivity contribution >= 4 is 16.4 Å². The maximum atomic E-state index is 10.4. The van der Waals surface area contributed by atoms with Crippen molar-refractivity contribution < 1.29 is 13.5 Å². The van der Waals surface area contributed by atoms with Gasteiger partial charge in [-0.25, -0.2) is 4.98 Å². The van der Waals surface area contributed by atoms with Crippen LogP contribution in [0.15, 0.2) is 70.1 Å². The lowest BCUT2D eigenvalue weighted by molar-refractivity contribution is 0.476. The monoisotopic (exact) mass is 465 g/mol. The van der Waals surface area contributed by atoms with Crippen LogP contribution >= 0.6 is 10.6 Å². The van der Waals surface area contributed by atoms with Crippen LogP contribution in [0.4, 0.5) is 5.82 Å². The number of nitrogens with zero attached hydrogens (tertiary/aromatic N) is 3. The third-order valence-electron chi connectivity index (χ3n) is 5.35. The second-order valence-electron chi connectivity index (χ2n) is 7.96. The third kappa shape index (κ3) is 4.76. The van der Waals surface area contributed by atoms with Crippen LogP contribution in [-0.4, -0.2) is 36.6 Å². The van der Waals surface area contributed by atoms with E-state index in [1.807, 2.05) is 49.5 Å². The molecule has 2 heterocycles. The van der Waals surface area contributed by atoms with E-state index in [0.717, 1.165) is 28.8 Å². The molecule has 0 saturated carbocycles. The highest BCUT2D eigenvalue weighted by Crippen LogP contribution is 2.52. The molecule has 0 amide bonds. The maximum absolute atomic E-state index is 10.4. The number of hydrogen-bond donors (Lipinski definition) is 4. The van der Waals surface area contributed by atoms with Crippen LogP contribution in [0.1, 0.15) is 19.4 Å². The molecule has 5 N–H and O–H groups in total. The van der Waals surface area contributed by atoms with E-state index in [0.29, 0.717) is 16.3 Å². The Hall–Kier alpha value is -3.24. The van der Waals surface area contributed by atoms with Crippen molar-refractivity contribution in [3.05, 3.63) is 66.4 Å². The number of pyridine rings is 1. The number of anilines is 1. The van der Waals surface area contributed by atoms with Crippen molar-refractivity contribution in [2.24, 2.45) is 0 Å². The highest BCUT2D eigenvalue weighted by atomic mass is 32.3. The molecule has 9 heteroatoms. The van der Waals surface area contributed by atoms with Gasteiger partial charge in [0.2, 0.25) is 5.89 Å². The van der Waals surface area contributed by atoms with E-state index in [4.69, 9.17) is 10.2 Å².